The number of halogens is 1. The van der Waals surface area contributed by atoms with Crippen molar-refractivity contribution >= 4 is 31.6 Å². The second-order valence-corrected chi connectivity index (χ2v) is 6.82. The fourth-order valence-corrected chi connectivity index (χ4v) is 2.95. The minimum Gasteiger partial charge on any atom is -0.492 e. The highest BCUT2D eigenvalue weighted by Crippen LogP contribution is 2.20. The number of benzene rings is 2. The summed E-state index contributed by atoms with van der Waals surface area (Å²) in [4.78, 5) is 0.203. The number of nitrogens with two attached hydrogens (primary N) is 1. The quantitative estimate of drug-likeness (QED) is 0.818. The normalized spacial score (nSPS) is 11.1. The predicted molar refractivity (Wildman–Crippen MR) is 85.9 cm³/mol. The molecule has 0 radical (unpaired) electrons. The van der Waals surface area contributed by atoms with Gasteiger partial charge in [0.1, 0.15) is 12.4 Å². The van der Waals surface area contributed by atoms with Crippen molar-refractivity contribution in [2.24, 2.45) is 5.73 Å². The van der Waals surface area contributed by atoms with E-state index in [1.165, 1.54) is 12.1 Å². The van der Waals surface area contributed by atoms with Gasteiger partial charge in [0.2, 0.25) is 0 Å². The third-order valence-electron chi connectivity index (χ3n) is 2.62. The molecule has 2 rings (SSSR count). The second kappa shape index (κ2) is 6.93. The summed E-state index contributed by atoms with van der Waals surface area (Å²) in [5, 5.41) is 0. The van der Waals surface area contributed by atoms with Crippen molar-refractivity contribution in [1.82, 2.24) is 0 Å². The molecule has 0 aliphatic carbocycles. The van der Waals surface area contributed by atoms with Gasteiger partial charge in [-0.15, -0.1) is 0 Å². The molecule has 2 aromatic rings. The van der Waals surface area contributed by atoms with E-state index in [2.05, 4.69) is 20.7 Å². The van der Waals surface area contributed by atoms with Gasteiger partial charge in [0, 0.05) is 16.7 Å². The lowest BCUT2D eigenvalue weighted by molar-refractivity contribution is 0.328. The molecule has 21 heavy (non-hydrogen) atoms. The fourth-order valence-electron chi connectivity index (χ4n) is 1.62. The summed E-state index contributed by atoms with van der Waals surface area (Å²) in [6.07, 6.45) is 0. The van der Waals surface area contributed by atoms with Gasteiger partial charge in [0.15, 0.2) is 0 Å². The van der Waals surface area contributed by atoms with Gasteiger partial charge in [0.05, 0.1) is 4.90 Å². The molecule has 0 saturated carbocycles. The van der Waals surface area contributed by atoms with E-state index in [1.54, 1.807) is 36.4 Å². The SMILES string of the molecule is NCCOc1ccc(NS(=O)(=O)c2ccc(Br)cc2)cc1. The molecule has 0 amide bonds. The van der Waals surface area contributed by atoms with E-state index in [1.807, 2.05) is 0 Å². The van der Waals surface area contributed by atoms with Crippen molar-refractivity contribution in [2.45, 2.75) is 4.90 Å². The average molecular weight is 371 g/mol. The number of hydrogen-bond donors (Lipinski definition) is 2. The van der Waals surface area contributed by atoms with Crippen LogP contribution >= 0.6 is 15.9 Å². The molecule has 0 heterocycles. The monoisotopic (exact) mass is 370 g/mol. The number of sulfonamides is 1. The van der Waals surface area contributed by atoms with Gasteiger partial charge in [0.25, 0.3) is 10.0 Å². The van der Waals surface area contributed by atoms with E-state index in [-0.39, 0.29) is 4.90 Å². The second-order valence-electron chi connectivity index (χ2n) is 4.22. The zero-order valence-corrected chi connectivity index (χ0v) is 13.5. The molecule has 0 spiro atoms. The van der Waals surface area contributed by atoms with Gasteiger partial charge in [-0.05, 0) is 48.5 Å². The highest BCUT2D eigenvalue weighted by atomic mass is 79.9. The number of anilines is 1. The molecular formula is C14H15BrN2O3S. The Bertz CT molecular complexity index is 685. The topological polar surface area (TPSA) is 81.4 Å². The van der Waals surface area contributed by atoms with Crippen molar-refractivity contribution in [2.75, 3.05) is 17.9 Å². The van der Waals surface area contributed by atoms with Gasteiger partial charge < -0.3 is 10.5 Å². The van der Waals surface area contributed by atoms with Crippen molar-refractivity contribution in [3.63, 3.8) is 0 Å². The van der Waals surface area contributed by atoms with E-state index in [0.717, 1.165) is 4.47 Å². The van der Waals surface area contributed by atoms with Crippen LogP contribution in [-0.2, 0) is 10.0 Å². The number of rotatable bonds is 6. The lowest BCUT2D eigenvalue weighted by Gasteiger charge is -2.09. The summed E-state index contributed by atoms with van der Waals surface area (Å²) < 4.78 is 33.1. The molecule has 0 aliphatic rings. The van der Waals surface area contributed by atoms with Crippen LogP contribution in [0.4, 0.5) is 5.69 Å². The van der Waals surface area contributed by atoms with Gasteiger partial charge >= 0.3 is 0 Å². The fraction of sp³-hybridized carbons (Fsp3) is 0.143. The number of ether oxygens (including phenoxy) is 1. The number of nitrogens with one attached hydrogen (secondary N) is 1. The lowest BCUT2D eigenvalue weighted by atomic mass is 10.3. The summed E-state index contributed by atoms with van der Waals surface area (Å²) in [6, 6.07) is 13.1. The van der Waals surface area contributed by atoms with E-state index in [9.17, 15) is 8.42 Å². The summed E-state index contributed by atoms with van der Waals surface area (Å²) in [5.41, 5.74) is 5.81. The Labute approximate surface area is 132 Å². The van der Waals surface area contributed by atoms with Crippen LogP contribution in [0.5, 0.6) is 5.75 Å². The first kappa shape index (κ1) is 15.8. The molecule has 0 unspecified atom stereocenters. The predicted octanol–water partition coefficient (Wildman–Crippen LogP) is 2.59. The van der Waals surface area contributed by atoms with Crippen LogP contribution in [0.2, 0.25) is 0 Å². The van der Waals surface area contributed by atoms with Crippen molar-refractivity contribution < 1.29 is 13.2 Å². The van der Waals surface area contributed by atoms with Crippen LogP contribution in [0, 0.1) is 0 Å². The Morgan fingerprint density at radius 1 is 1.05 bits per heavy atom. The standard InChI is InChI=1S/C14H15BrN2O3S/c15-11-1-7-14(8-2-11)21(18,19)17-12-3-5-13(6-4-12)20-10-9-16/h1-8,17H,9-10,16H2. The van der Waals surface area contributed by atoms with Gasteiger partial charge in [-0.3, -0.25) is 4.72 Å². The summed E-state index contributed by atoms with van der Waals surface area (Å²) in [6.45, 7) is 0.849. The first-order chi connectivity index (χ1) is 10.0. The molecular weight excluding hydrogens is 356 g/mol. The minimum atomic E-state index is -3.59. The van der Waals surface area contributed by atoms with E-state index < -0.39 is 10.0 Å². The summed E-state index contributed by atoms with van der Waals surface area (Å²) >= 11 is 3.27. The lowest BCUT2D eigenvalue weighted by Crippen LogP contribution is -2.13. The molecule has 7 heteroatoms. The molecule has 0 atom stereocenters. The molecule has 2 aromatic carbocycles. The molecule has 0 saturated heterocycles. The van der Waals surface area contributed by atoms with Crippen LogP contribution in [0.15, 0.2) is 57.9 Å². The van der Waals surface area contributed by atoms with Gasteiger partial charge in [-0.25, -0.2) is 8.42 Å². The molecule has 0 aliphatic heterocycles. The average Bonchev–Trinajstić information content (AvgIpc) is 2.47. The third-order valence-corrected chi connectivity index (χ3v) is 4.54. The Kier molecular flexibility index (Phi) is 5.22. The third kappa shape index (κ3) is 4.45. The molecule has 0 bridgehead atoms. The maximum absolute atomic E-state index is 12.2. The van der Waals surface area contributed by atoms with E-state index >= 15 is 0 Å². The molecule has 5 nitrogen and oxygen atoms in total. The van der Waals surface area contributed by atoms with Crippen LogP contribution in [0.3, 0.4) is 0 Å². The zero-order valence-electron chi connectivity index (χ0n) is 11.1. The van der Waals surface area contributed by atoms with Crippen molar-refractivity contribution in [1.29, 1.82) is 0 Å². The molecule has 0 fully saturated rings. The van der Waals surface area contributed by atoms with Crippen LogP contribution in [0.1, 0.15) is 0 Å². The maximum Gasteiger partial charge on any atom is 0.261 e. The van der Waals surface area contributed by atoms with Crippen LogP contribution < -0.4 is 15.2 Å². The molecule has 0 aromatic heterocycles. The highest BCUT2D eigenvalue weighted by Gasteiger charge is 2.13. The number of hydrogen-bond acceptors (Lipinski definition) is 4. The van der Waals surface area contributed by atoms with E-state index in [0.29, 0.717) is 24.6 Å². The van der Waals surface area contributed by atoms with Crippen molar-refractivity contribution in [3.8, 4) is 5.75 Å². The van der Waals surface area contributed by atoms with Gasteiger partial charge in [-0.2, -0.15) is 0 Å². The Morgan fingerprint density at radius 3 is 2.24 bits per heavy atom. The molecule has 112 valence electrons. The van der Waals surface area contributed by atoms with Crippen molar-refractivity contribution in [3.05, 3.63) is 53.0 Å². The first-order valence-electron chi connectivity index (χ1n) is 6.22. The Morgan fingerprint density at radius 2 is 1.67 bits per heavy atom. The molecule has 3 N–H and O–H groups in total. The summed E-state index contributed by atoms with van der Waals surface area (Å²) in [5.74, 6) is 0.645. The smallest absolute Gasteiger partial charge is 0.261 e. The largest absolute Gasteiger partial charge is 0.492 e. The first-order valence-corrected chi connectivity index (χ1v) is 8.50. The van der Waals surface area contributed by atoms with Crippen LogP contribution in [0.25, 0.3) is 0 Å². The Hall–Kier alpha value is -1.57. The van der Waals surface area contributed by atoms with Crippen LogP contribution in [-0.4, -0.2) is 21.6 Å². The minimum absolute atomic E-state index is 0.203. The van der Waals surface area contributed by atoms with Gasteiger partial charge in [-0.1, -0.05) is 15.9 Å². The zero-order chi connectivity index (χ0) is 15.3. The maximum atomic E-state index is 12.2. The Balaban J connectivity index is 2.11. The highest BCUT2D eigenvalue weighted by molar-refractivity contribution is 9.10. The summed E-state index contributed by atoms with van der Waals surface area (Å²) in [7, 11) is -3.59. The van der Waals surface area contributed by atoms with E-state index in [4.69, 9.17) is 10.5 Å².